The molecule has 1 aromatic carbocycles. The van der Waals surface area contributed by atoms with E-state index in [1.807, 2.05) is 6.92 Å². The van der Waals surface area contributed by atoms with Crippen LogP contribution in [0, 0.1) is 0 Å². The molecule has 0 aliphatic rings. The van der Waals surface area contributed by atoms with Crippen molar-refractivity contribution in [2.24, 2.45) is 0 Å². The van der Waals surface area contributed by atoms with Crippen molar-refractivity contribution in [1.29, 1.82) is 0 Å². The van der Waals surface area contributed by atoms with E-state index in [1.165, 1.54) is 12.4 Å². The molecule has 0 bridgehead atoms. The zero-order valence-corrected chi connectivity index (χ0v) is 27.3. The maximum absolute atomic E-state index is 14.3. The van der Waals surface area contributed by atoms with Gasteiger partial charge in [0.15, 0.2) is 5.82 Å². The van der Waals surface area contributed by atoms with E-state index in [9.17, 15) is 105 Å². The molecule has 0 saturated carbocycles. The predicted octanol–water partition coefficient (Wildman–Crippen LogP) is 11.7. The number of alkyl halides is 24. The van der Waals surface area contributed by atoms with Crippen molar-refractivity contribution < 1.29 is 120 Å². The molecule has 0 N–H and O–H groups in total. The average molecular weight is 888 g/mol. The van der Waals surface area contributed by atoms with Crippen molar-refractivity contribution in [1.82, 2.24) is 9.97 Å². The van der Waals surface area contributed by atoms with Crippen LogP contribution >= 0.6 is 0 Å². The highest BCUT2D eigenvalue weighted by molar-refractivity contribution is 5.56. The highest BCUT2D eigenvalue weighted by atomic mass is 19.4. The van der Waals surface area contributed by atoms with Crippen molar-refractivity contribution in [3.8, 4) is 17.1 Å². The van der Waals surface area contributed by atoms with E-state index in [0.717, 1.165) is 47.3 Å². The maximum Gasteiger partial charge on any atom is 0.460 e. The van der Waals surface area contributed by atoms with Crippen LogP contribution in [0.3, 0.4) is 0 Å². The number of nitrogens with zero attached hydrogens (tertiary/aromatic N) is 2. The van der Waals surface area contributed by atoms with Gasteiger partial charge in [0.1, 0.15) is 5.75 Å². The lowest BCUT2D eigenvalue weighted by Crippen LogP contribution is -2.71. The second-order valence-electron chi connectivity index (χ2n) is 11.4. The summed E-state index contributed by atoms with van der Waals surface area (Å²) in [6.07, 6.45) is -39.9. The molecule has 0 radical (unpaired) electrons. The number of hydrogen-bond acceptors (Lipinski definition) is 5. The van der Waals surface area contributed by atoms with Crippen LogP contribution in [-0.4, -0.2) is 82.5 Å². The second kappa shape index (κ2) is 15.8. The molecule has 1 atom stereocenters. The molecule has 328 valence electrons. The molecule has 1 aromatic heterocycles. The zero-order chi connectivity index (χ0) is 44.7. The number of aromatic nitrogens is 2. The van der Waals surface area contributed by atoms with Gasteiger partial charge in [-0.25, -0.2) is 19.4 Å². The van der Waals surface area contributed by atoms with E-state index in [4.69, 9.17) is 0 Å². The van der Waals surface area contributed by atoms with Crippen LogP contribution in [0.15, 0.2) is 36.7 Å². The van der Waals surface area contributed by atoms with Crippen LogP contribution < -0.4 is 4.74 Å². The van der Waals surface area contributed by atoms with Gasteiger partial charge in [0, 0.05) is 18.0 Å². The third-order valence-electron chi connectivity index (χ3n) is 7.20. The normalized spacial score (nSPS) is 15.5. The summed E-state index contributed by atoms with van der Waals surface area (Å²) in [5, 5.41) is 0. The first-order chi connectivity index (χ1) is 25.3. The van der Waals surface area contributed by atoms with Gasteiger partial charge in [-0.2, -0.15) is 105 Å². The Kier molecular flexibility index (Phi) is 13.7. The zero-order valence-electron chi connectivity index (χ0n) is 27.3. The van der Waals surface area contributed by atoms with Gasteiger partial charge >= 0.3 is 72.5 Å². The van der Waals surface area contributed by atoms with Crippen LogP contribution in [0.5, 0.6) is 5.75 Å². The van der Waals surface area contributed by atoms with E-state index in [-0.39, 0.29) is 11.4 Å². The number of benzene rings is 1. The second-order valence-corrected chi connectivity index (χ2v) is 11.4. The van der Waals surface area contributed by atoms with Gasteiger partial charge in [-0.3, -0.25) is 0 Å². The van der Waals surface area contributed by atoms with E-state index in [2.05, 4.69) is 14.7 Å². The van der Waals surface area contributed by atoms with Gasteiger partial charge in [-0.1, -0.05) is 26.2 Å². The van der Waals surface area contributed by atoms with Gasteiger partial charge in [-0.15, -0.1) is 0 Å². The third kappa shape index (κ3) is 9.16. The third-order valence-corrected chi connectivity index (χ3v) is 7.20. The summed E-state index contributed by atoms with van der Waals surface area (Å²) >= 11 is 0. The van der Waals surface area contributed by atoms with Crippen molar-refractivity contribution in [3.63, 3.8) is 0 Å². The van der Waals surface area contributed by atoms with Crippen LogP contribution in [-0.2, 0) is 15.9 Å². The van der Waals surface area contributed by atoms with Gasteiger partial charge in [0.2, 0.25) is 0 Å². The SMILES string of the molecule is CCCCCCc1cnc(-c2ccc(OC(F)C(F)(F)C(F)(F)C(F)(F)C(F)(F)C(F)(F)OC(F)(F)C(F)(F)OC(F)(F)C(F)(F)C(F)(F)C(F)(F)F)cc2)nc1. The lowest BCUT2D eigenvalue weighted by atomic mass is 9.97. The summed E-state index contributed by atoms with van der Waals surface area (Å²) < 4.78 is 330. The average Bonchev–Trinajstić information content (AvgIpc) is 3.05. The number of hydrogen-bond donors (Lipinski definition) is 0. The molecule has 0 aliphatic heterocycles. The van der Waals surface area contributed by atoms with Crippen molar-refractivity contribution >= 4 is 0 Å². The van der Waals surface area contributed by atoms with Crippen molar-refractivity contribution in [3.05, 3.63) is 42.2 Å². The maximum atomic E-state index is 14.3. The predicted molar refractivity (Wildman–Crippen MR) is 139 cm³/mol. The molecule has 1 unspecified atom stereocenters. The van der Waals surface area contributed by atoms with E-state index < -0.39 is 78.3 Å². The highest BCUT2D eigenvalue weighted by Gasteiger charge is 2.91. The molecule has 5 nitrogen and oxygen atoms in total. The lowest BCUT2D eigenvalue weighted by molar-refractivity contribution is -0.559. The minimum Gasteiger partial charge on any atom is -0.454 e. The Labute approximate surface area is 301 Å². The summed E-state index contributed by atoms with van der Waals surface area (Å²) in [5.41, 5.74) is 0.626. The minimum atomic E-state index is -8.77. The summed E-state index contributed by atoms with van der Waals surface area (Å²) in [5.74, 6) is -51.3. The molecule has 0 spiro atoms. The first-order valence-corrected chi connectivity index (χ1v) is 14.8. The number of unbranched alkanes of at least 4 members (excludes halogenated alkanes) is 3. The fourth-order valence-corrected chi connectivity index (χ4v) is 3.93. The van der Waals surface area contributed by atoms with E-state index >= 15 is 0 Å². The van der Waals surface area contributed by atoms with E-state index in [0.29, 0.717) is 24.1 Å². The van der Waals surface area contributed by atoms with Gasteiger partial charge in [0.25, 0.3) is 0 Å². The molecular weight excluding hydrogens is 868 g/mol. The Morgan fingerprint density at radius 2 is 0.930 bits per heavy atom. The number of rotatable bonds is 20. The van der Waals surface area contributed by atoms with Crippen LogP contribution in [0.4, 0.5) is 105 Å². The summed E-state index contributed by atoms with van der Waals surface area (Å²) in [4.78, 5) is 7.93. The summed E-state index contributed by atoms with van der Waals surface area (Å²) in [7, 11) is 0. The van der Waals surface area contributed by atoms with Crippen molar-refractivity contribution in [2.75, 3.05) is 0 Å². The molecule has 2 rings (SSSR count). The fraction of sp³-hybridized carbons (Fsp3) is 0.643. The summed E-state index contributed by atoms with van der Waals surface area (Å²) in [6, 6.07) is 2.46. The molecule has 29 heteroatoms. The molecule has 1 heterocycles. The number of aryl methyl sites for hydroxylation is 1. The first-order valence-electron chi connectivity index (χ1n) is 14.8. The Morgan fingerprint density at radius 1 is 0.509 bits per heavy atom. The van der Waals surface area contributed by atoms with Crippen molar-refractivity contribution in [2.45, 2.75) is 112 Å². The molecule has 0 aliphatic carbocycles. The van der Waals surface area contributed by atoms with Crippen LogP contribution in [0.1, 0.15) is 38.2 Å². The molecule has 0 saturated heterocycles. The molecular formula is C28H20F24N2O3. The summed E-state index contributed by atoms with van der Waals surface area (Å²) in [6.45, 7) is 1.96. The van der Waals surface area contributed by atoms with Crippen LogP contribution in [0.2, 0.25) is 0 Å². The number of ether oxygens (including phenoxy) is 3. The Morgan fingerprint density at radius 3 is 1.33 bits per heavy atom. The van der Waals surface area contributed by atoms with E-state index in [1.54, 1.807) is 0 Å². The highest BCUT2D eigenvalue weighted by Crippen LogP contribution is 2.61. The lowest BCUT2D eigenvalue weighted by Gasteiger charge is -2.41. The molecule has 0 fully saturated rings. The van der Waals surface area contributed by atoms with Gasteiger partial charge in [-0.05, 0) is 42.7 Å². The standard InChI is InChI=1S/C28H20F24N2O3/c1-2-3-4-5-6-13-11-53-16(54-12-13)14-7-9-15(10-8-14)55-17(29)18(30,31)19(32,33)20(34,35)22(38,39)25(45,46)56-27(49,50)28(51,52)57-26(47,48)23(40,41)21(36,37)24(42,43)44/h7-12,17H,2-6H2,1H3. The first kappa shape index (κ1) is 49.5. The molecule has 0 amide bonds. The fourth-order valence-electron chi connectivity index (χ4n) is 3.93. The largest absolute Gasteiger partial charge is 0.460 e. The van der Waals surface area contributed by atoms with Crippen LogP contribution in [0.25, 0.3) is 11.4 Å². The molecule has 2 aromatic rings. The minimum absolute atomic E-state index is 0.0368. The quantitative estimate of drug-likeness (QED) is 0.0979. The van der Waals surface area contributed by atoms with Gasteiger partial charge in [0.05, 0.1) is 0 Å². The Hall–Kier alpha value is -3.66. The smallest absolute Gasteiger partial charge is 0.454 e. The van der Waals surface area contributed by atoms with Gasteiger partial charge < -0.3 is 4.74 Å². The topological polar surface area (TPSA) is 53.5 Å². The Bertz CT molecular complexity index is 1630. The Balaban J connectivity index is 2.32. The monoisotopic (exact) mass is 888 g/mol. The molecule has 57 heavy (non-hydrogen) atoms. The number of halogens is 24.